The molecule has 1 amide bonds. The molecule has 1 heterocycles. The van der Waals surface area contributed by atoms with E-state index in [4.69, 9.17) is 11.5 Å². The van der Waals surface area contributed by atoms with Crippen LogP contribution in [-0.4, -0.2) is 25.0 Å². The molecule has 1 aromatic rings. The van der Waals surface area contributed by atoms with Crippen LogP contribution in [0.25, 0.3) is 0 Å². The van der Waals surface area contributed by atoms with Gasteiger partial charge in [0.2, 0.25) is 0 Å². The topological polar surface area (TPSA) is 72.4 Å². The van der Waals surface area contributed by atoms with Gasteiger partial charge in [0.25, 0.3) is 5.91 Å². The van der Waals surface area contributed by atoms with Crippen molar-refractivity contribution in [1.82, 2.24) is 0 Å². The summed E-state index contributed by atoms with van der Waals surface area (Å²) >= 11 is 0. The highest BCUT2D eigenvalue weighted by Crippen LogP contribution is 2.38. The molecule has 4 N–H and O–H groups in total. The molecule has 108 valence electrons. The van der Waals surface area contributed by atoms with Crippen molar-refractivity contribution in [3.05, 3.63) is 29.6 Å². The Morgan fingerprint density at radius 2 is 2.10 bits per heavy atom. The molecule has 0 bridgehead atoms. The molecule has 0 aromatic heterocycles. The Balaban J connectivity index is 1.89. The Morgan fingerprint density at radius 3 is 2.80 bits per heavy atom. The molecule has 1 saturated carbocycles. The summed E-state index contributed by atoms with van der Waals surface area (Å²) in [5.74, 6) is 0.0218. The largest absolute Gasteiger partial charge is 0.370 e. The highest BCUT2D eigenvalue weighted by atomic mass is 19.1. The minimum atomic E-state index is -0.585. The molecule has 4 nitrogen and oxygen atoms in total. The first-order valence-electron chi connectivity index (χ1n) is 7.16. The van der Waals surface area contributed by atoms with E-state index in [2.05, 4.69) is 4.90 Å². The first-order valence-corrected chi connectivity index (χ1v) is 7.16. The lowest BCUT2D eigenvalue weighted by Gasteiger charge is -2.29. The molecule has 3 atom stereocenters. The van der Waals surface area contributed by atoms with E-state index in [0.717, 1.165) is 25.2 Å². The van der Waals surface area contributed by atoms with Gasteiger partial charge in [0.1, 0.15) is 5.82 Å². The molecule has 0 spiro atoms. The SMILES string of the molecule is NC(=O)c1cc(F)ccc1N1CC2CCCC(N)C2C1. The second-order valence-corrected chi connectivity index (χ2v) is 5.95. The number of primary amides is 1. The number of nitrogens with two attached hydrogens (primary N) is 2. The Labute approximate surface area is 117 Å². The van der Waals surface area contributed by atoms with Crippen LogP contribution < -0.4 is 16.4 Å². The van der Waals surface area contributed by atoms with Gasteiger partial charge in [0, 0.05) is 24.8 Å². The summed E-state index contributed by atoms with van der Waals surface area (Å²) in [5.41, 5.74) is 12.6. The van der Waals surface area contributed by atoms with E-state index in [0.29, 0.717) is 11.8 Å². The third-order valence-corrected chi connectivity index (χ3v) is 4.72. The molecule has 1 aliphatic carbocycles. The van der Waals surface area contributed by atoms with Gasteiger partial charge in [-0.15, -0.1) is 0 Å². The van der Waals surface area contributed by atoms with Gasteiger partial charge >= 0.3 is 0 Å². The number of anilines is 1. The van der Waals surface area contributed by atoms with Gasteiger partial charge in [-0.25, -0.2) is 4.39 Å². The summed E-state index contributed by atoms with van der Waals surface area (Å²) < 4.78 is 13.3. The second kappa shape index (κ2) is 5.05. The zero-order valence-corrected chi connectivity index (χ0v) is 11.4. The van der Waals surface area contributed by atoms with Crippen LogP contribution in [0.4, 0.5) is 10.1 Å². The maximum absolute atomic E-state index is 13.3. The number of fused-ring (bicyclic) bond motifs is 1. The second-order valence-electron chi connectivity index (χ2n) is 5.95. The molecule has 3 rings (SSSR count). The van der Waals surface area contributed by atoms with E-state index in [1.54, 1.807) is 6.07 Å². The van der Waals surface area contributed by atoms with Gasteiger partial charge < -0.3 is 16.4 Å². The smallest absolute Gasteiger partial charge is 0.250 e. The fourth-order valence-electron chi connectivity index (χ4n) is 3.69. The minimum absolute atomic E-state index is 0.233. The number of carbonyl (C=O) groups is 1. The Bertz CT molecular complexity index is 534. The fourth-order valence-corrected chi connectivity index (χ4v) is 3.69. The van der Waals surface area contributed by atoms with Crippen LogP contribution in [-0.2, 0) is 0 Å². The van der Waals surface area contributed by atoms with Crippen molar-refractivity contribution in [2.75, 3.05) is 18.0 Å². The third kappa shape index (κ3) is 2.26. The number of hydrogen-bond acceptors (Lipinski definition) is 3. The van der Waals surface area contributed by atoms with Crippen LogP contribution in [0.15, 0.2) is 18.2 Å². The first kappa shape index (κ1) is 13.4. The van der Waals surface area contributed by atoms with E-state index < -0.39 is 11.7 Å². The Kier molecular flexibility index (Phi) is 3.38. The highest BCUT2D eigenvalue weighted by molar-refractivity contribution is 5.98. The quantitative estimate of drug-likeness (QED) is 0.860. The predicted octanol–water partition coefficient (Wildman–Crippen LogP) is 1.49. The van der Waals surface area contributed by atoms with E-state index in [-0.39, 0.29) is 11.6 Å². The van der Waals surface area contributed by atoms with Gasteiger partial charge in [0.05, 0.1) is 5.56 Å². The predicted molar refractivity (Wildman–Crippen MR) is 75.9 cm³/mol. The van der Waals surface area contributed by atoms with Gasteiger partial charge in [0.15, 0.2) is 0 Å². The Hall–Kier alpha value is -1.62. The van der Waals surface area contributed by atoms with Gasteiger partial charge in [-0.3, -0.25) is 4.79 Å². The van der Waals surface area contributed by atoms with Gasteiger partial charge in [-0.05, 0) is 42.9 Å². The summed E-state index contributed by atoms with van der Waals surface area (Å²) in [4.78, 5) is 13.7. The van der Waals surface area contributed by atoms with E-state index >= 15 is 0 Å². The summed E-state index contributed by atoms with van der Waals surface area (Å²) in [6, 6.07) is 4.48. The van der Waals surface area contributed by atoms with Crippen LogP contribution >= 0.6 is 0 Å². The van der Waals surface area contributed by atoms with Crippen LogP contribution in [0, 0.1) is 17.7 Å². The van der Waals surface area contributed by atoms with Crippen molar-refractivity contribution in [1.29, 1.82) is 0 Å². The molecule has 5 heteroatoms. The number of hydrogen-bond donors (Lipinski definition) is 2. The molecular formula is C15H20FN3O. The lowest BCUT2D eigenvalue weighted by molar-refractivity contribution is 0.100. The molecule has 1 aromatic carbocycles. The van der Waals surface area contributed by atoms with Crippen molar-refractivity contribution in [3.63, 3.8) is 0 Å². The average Bonchev–Trinajstić information content (AvgIpc) is 2.84. The molecule has 2 aliphatic rings. The standard InChI is InChI=1S/C15H20FN3O/c16-10-4-5-14(11(6-10)15(18)20)19-7-9-2-1-3-13(17)12(9)8-19/h4-6,9,12-13H,1-3,7-8,17H2,(H2,18,20). The number of amides is 1. The van der Waals surface area contributed by atoms with Crippen molar-refractivity contribution in [2.24, 2.45) is 23.3 Å². The number of halogens is 1. The summed E-state index contributed by atoms with van der Waals surface area (Å²) in [6.07, 6.45) is 3.42. The van der Waals surface area contributed by atoms with Crippen LogP contribution in [0.2, 0.25) is 0 Å². The lowest BCUT2D eigenvalue weighted by Crippen LogP contribution is -2.38. The minimum Gasteiger partial charge on any atom is -0.370 e. The molecule has 1 aliphatic heterocycles. The molecular weight excluding hydrogens is 257 g/mol. The van der Waals surface area contributed by atoms with Gasteiger partial charge in [-0.2, -0.15) is 0 Å². The normalized spacial score (nSPS) is 29.3. The monoisotopic (exact) mass is 277 g/mol. The summed E-state index contributed by atoms with van der Waals surface area (Å²) in [6.45, 7) is 1.71. The number of rotatable bonds is 2. The van der Waals surface area contributed by atoms with Crippen molar-refractivity contribution in [2.45, 2.75) is 25.3 Å². The zero-order valence-electron chi connectivity index (χ0n) is 11.4. The van der Waals surface area contributed by atoms with Crippen molar-refractivity contribution < 1.29 is 9.18 Å². The average molecular weight is 277 g/mol. The highest BCUT2D eigenvalue weighted by Gasteiger charge is 2.39. The van der Waals surface area contributed by atoms with E-state index in [1.165, 1.54) is 25.0 Å². The summed E-state index contributed by atoms with van der Waals surface area (Å²) in [7, 11) is 0. The number of nitrogens with zero attached hydrogens (tertiary/aromatic N) is 1. The Morgan fingerprint density at radius 1 is 1.30 bits per heavy atom. The van der Waals surface area contributed by atoms with Gasteiger partial charge in [-0.1, -0.05) is 6.42 Å². The van der Waals surface area contributed by atoms with Crippen LogP contribution in [0.3, 0.4) is 0 Å². The maximum atomic E-state index is 13.3. The van der Waals surface area contributed by atoms with E-state index in [9.17, 15) is 9.18 Å². The van der Waals surface area contributed by atoms with Crippen molar-refractivity contribution >= 4 is 11.6 Å². The molecule has 2 fully saturated rings. The van der Waals surface area contributed by atoms with E-state index in [1.807, 2.05) is 0 Å². The molecule has 0 radical (unpaired) electrons. The number of benzene rings is 1. The lowest BCUT2D eigenvalue weighted by atomic mass is 9.78. The summed E-state index contributed by atoms with van der Waals surface area (Å²) in [5, 5.41) is 0. The zero-order chi connectivity index (χ0) is 14.3. The number of carbonyl (C=O) groups excluding carboxylic acids is 1. The fraction of sp³-hybridized carbons (Fsp3) is 0.533. The van der Waals surface area contributed by atoms with Crippen molar-refractivity contribution in [3.8, 4) is 0 Å². The first-order chi connectivity index (χ1) is 9.56. The molecule has 3 unspecified atom stereocenters. The van der Waals surface area contributed by atoms with Crippen LogP contribution in [0.5, 0.6) is 0 Å². The maximum Gasteiger partial charge on any atom is 0.250 e. The van der Waals surface area contributed by atoms with Crippen LogP contribution in [0.1, 0.15) is 29.6 Å². The molecule has 20 heavy (non-hydrogen) atoms. The molecule has 1 saturated heterocycles. The third-order valence-electron chi connectivity index (χ3n) is 4.72.